The molecule has 3 amide bonds. The van der Waals surface area contributed by atoms with E-state index < -0.39 is 10.8 Å². The summed E-state index contributed by atoms with van der Waals surface area (Å²) in [6.45, 7) is 4.09. The van der Waals surface area contributed by atoms with E-state index in [4.69, 9.17) is 0 Å². The molecule has 194 valence electrons. The van der Waals surface area contributed by atoms with Gasteiger partial charge in [-0.25, -0.2) is 4.98 Å². The van der Waals surface area contributed by atoms with Gasteiger partial charge in [0.05, 0.1) is 5.41 Å². The van der Waals surface area contributed by atoms with E-state index in [1.165, 1.54) is 19.3 Å². The fourth-order valence-corrected chi connectivity index (χ4v) is 7.21. The average molecular weight is 501 g/mol. The minimum absolute atomic E-state index is 0.0111. The van der Waals surface area contributed by atoms with Crippen molar-refractivity contribution in [1.29, 1.82) is 0 Å². The standard InChI is InChI=1S/C30H36N4O3/c1-29(2)13-12-24(19-7-4-3-5-8-19)34(28(29)37)18-25(35)32-22-11-10-20-16-30(17-21(20)15-22)23-9-6-14-31-26(23)33-27(30)36/h6,9-11,14-15,19,24H,3-5,7-8,12-13,16-18H2,1-2H3,(H,32,35)(H,31,33,36). The first kappa shape index (κ1) is 24.1. The van der Waals surface area contributed by atoms with Gasteiger partial charge in [-0.1, -0.05) is 45.2 Å². The van der Waals surface area contributed by atoms with Crippen LogP contribution >= 0.6 is 0 Å². The SMILES string of the molecule is CC1(C)CCC(C2CCCCC2)N(CC(=O)Nc2ccc3c(c2)CC2(C3)C(=O)Nc3ncccc32)C1=O. The highest BCUT2D eigenvalue weighted by atomic mass is 16.2. The topological polar surface area (TPSA) is 91.4 Å². The second kappa shape index (κ2) is 8.96. The van der Waals surface area contributed by atoms with Crippen molar-refractivity contribution in [2.45, 2.75) is 83.1 Å². The maximum atomic E-state index is 13.4. The van der Waals surface area contributed by atoms with E-state index >= 15 is 0 Å². The molecular weight excluding hydrogens is 464 g/mol. The van der Waals surface area contributed by atoms with Crippen LogP contribution < -0.4 is 10.6 Å². The second-order valence-corrected chi connectivity index (χ2v) is 12.1. The number of carbonyl (C=O) groups is 3. The van der Waals surface area contributed by atoms with Crippen LogP contribution in [0, 0.1) is 11.3 Å². The van der Waals surface area contributed by atoms with Gasteiger partial charge in [0.25, 0.3) is 0 Å². The van der Waals surface area contributed by atoms with Crippen molar-refractivity contribution in [2.24, 2.45) is 11.3 Å². The average Bonchev–Trinajstić information content (AvgIpc) is 3.40. The number of aromatic nitrogens is 1. The van der Waals surface area contributed by atoms with Crippen molar-refractivity contribution >= 4 is 29.2 Å². The maximum Gasteiger partial charge on any atom is 0.244 e. The highest BCUT2D eigenvalue weighted by Gasteiger charge is 2.51. The molecule has 0 radical (unpaired) electrons. The number of rotatable bonds is 4. The molecule has 6 rings (SSSR count). The monoisotopic (exact) mass is 500 g/mol. The Morgan fingerprint density at radius 2 is 1.86 bits per heavy atom. The number of carbonyl (C=O) groups excluding carboxylic acids is 3. The van der Waals surface area contributed by atoms with Crippen LogP contribution in [0.15, 0.2) is 36.5 Å². The molecule has 2 aromatic rings. The van der Waals surface area contributed by atoms with Crippen LogP contribution in [0.25, 0.3) is 0 Å². The Hall–Kier alpha value is -3.22. The first-order valence-electron chi connectivity index (χ1n) is 13.8. The number of anilines is 2. The van der Waals surface area contributed by atoms with Gasteiger partial charge in [0.15, 0.2) is 0 Å². The van der Waals surface area contributed by atoms with Crippen LogP contribution in [0.3, 0.4) is 0 Å². The molecule has 2 atom stereocenters. The van der Waals surface area contributed by atoms with Crippen molar-refractivity contribution < 1.29 is 14.4 Å². The summed E-state index contributed by atoms with van der Waals surface area (Å²) >= 11 is 0. The van der Waals surface area contributed by atoms with Gasteiger partial charge in [0.1, 0.15) is 12.4 Å². The first-order chi connectivity index (χ1) is 17.8. The molecule has 2 fully saturated rings. The van der Waals surface area contributed by atoms with Crippen molar-refractivity contribution in [2.75, 3.05) is 17.2 Å². The molecule has 37 heavy (non-hydrogen) atoms. The van der Waals surface area contributed by atoms with Crippen LogP contribution in [-0.2, 0) is 32.6 Å². The molecule has 1 spiro atoms. The summed E-state index contributed by atoms with van der Waals surface area (Å²) in [7, 11) is 0. The molecule has 1 aromatic carbocycles. The number of hydrogen-bond donors (Lipinski definition) is 2. The minimum Gasteiger partial charge on any atom is -0.330 e. The number of piperidine rings is 1. The zero-order chi connectivity index (χ0) is 25.8. The number of hydrogen-bond acceptors (Lipinski definition) is 4. The molecule has 2 aliphatic heterocycles. The minimum atomic E-state index is -0.631. The number of fused-ring (bicyclic) bond motifs is 3. The van der Waals surface area contributed by atoms with Gasteiger partial charge in [-0.15, -0.1) is 0 Å². The molecule has 1 saturated heterocycles. The van der Waals surface area contributed by atoms with Crippen molar-refractivity contribution in [3.63, 3.8) is 0 Å². The first-order valence-corrected chi connectivity index (χ1v) is 13.8. The number of amides is 3. The normalized spacial score (nSPS) is 26.6. The van der Waals surface area contributed by atoms with Gasteiger partial charge in [0.2, 0.25) is 17.7 Å². The molecule has 7 heteroatoms. The van der Waals surface area contributed by atoms with E-state index in [1.807, 2.05) is 49.1 Å². The van der Waals surface area contributed by atoms with Crippen LogP contribution in [0.4, 0.5) is 11.5 Å². The Kier molecular flexibility index (Phi) is 5.85. The summed E-state index contributed by atoms with van der Waals surface area (Å²) < 4.78 is 0. The molecular formula is C30H36N4O3. The molecule has 2 N–H and O–H groups in total. The molecule has 1 saturated carbocycles. The fraction of sp³-hybridized carbons (Fsp3) is 0.533. The molecule has 4 aliphatic rings. The number of nitrogens with zero attached hydrogens (tertiary/aromatic N) is 2. The summed E-state index contributed by atoms with van der Waals surface area (Å²) in [4.78, 5) is 45.9. The largest absolute Gasteiger partial charge is 0.330 e. The van der Waals surface area contributed by atoms with Crippen LogP contribution in [0.2, 0.25) is 0 Å². The zero-order valence-corrected chi connectivity index (χ0v) is 21.8. The quantitative estimate of drug-likeness (QED) is 0.642. The Bertz CT molecular complexity index is 1270. The third-order valence-corrected chi connectivity index (χ3v) is 9.28. The van der Waals surface area contributed by atoms with Gasteiger partial charge in [-0.05, 0) is 73.8 Å². The molecule has 7 nitrogen and oxygen atoms in total. The molecule has 0 bridgehead atoms. The lowest BCUT2D eigenvalue weighted by molar-refractivity contribution is -0.152. The van der Waals surface area contributed by atoms with E-state index in [0.717, 1.165) is 42.4 Å². The van der Waals surface area contributed by atoms with E-state index in [1.54, 1.807) is 6.20 Å². The highest BCUT2D eigenvalue weighted by molar-refractivity contribution is 6.06. The maximum absolute atomic E-state index is 13.4. The highest BCUT2D eigenvalue weighted by Crippen LogP contribution is 2.47. The number of nitrogens with one attached hydrogen (secondary N) is 2. The number of pyridine rings is 1. The van der Waals surface area contributed by atoms with E-state index in [-0.39, 0.29) is 30.3 Å². The molecule has 2 aliphatic carbocycles. The van der Waals surface area contributed by atoms with Crippen molar-refractivity contribution in [3.05, 3.63) is 53.2 Å². The van der Waals surface area contributed by atoms with Gasteiger partial charge in [-0.2, -0.15) is 0 Å². The van der Waals surface area contributed by atoms with Gasteiger partial charge >= 0.3 is 0 Å². The molecule has 1 aromatic heterocycles. The van der Waals surface area contributed by atoms with Crippen molar-refractivity contribution in [1.82, 2.24) is 9.88 Å². The van der Waals surface area contributed by atoms with E-state index in [9.17, 15) is 14.4 Å². The Morgan fingerprint density at radius 1 is 1.08 bits per heavy atom. The van der Waals surface area contributed by atoms with Crippen LogP contribution in [0.1, 0.15) is 75.5 Å². The predicted octanol–water partition coefficient (Wildman–Crippen LogP) is 4.61. The number of likely N-dealkylation sites (tertiary alicyclic amines) is 1. The summed E-state index contributed by atoms with van der Waals surface area (Å²) in [6.07, 6.45) is 10.8. The van der Waals surface area contributed by atoms with Gasteiger partial charge < -0.3 is 15.5 Å². The van der Waals surface area contributed by atoms with Crippen molar-refractivity contribution in [3.8, 4) is 0 Å². The third-order valence-electron chi connectivity index (χ3n) is 9.28. The van der Waals surface area contributed by atoms with Gasteiger partial charge in [0, 0.05) is 28.9 Å². The third kappa shape index (κ3) is 4.12. The molecule has 3 heterocycles. The van der Waals surface area contributed by atoms with E-state index in [2.05, 4.69) is 15.6 Å². The fourth-order valence-electron chi connectivity index (χ4n) is 7.21. The zero-order valence-electron chi connectivity index (χ0n) is 21.8. The molecule has 2 unspecified atom stereocenters. The Balaban J connectivity index is 1.18. The van der Waals surface area contributed by atoms with Crippen LogP contribution in [0.5, 0.6) is 0 Å². The Morgan fingerprint density at radius 3 is 2.68 bits per heavy atom. The summed E-state index contributed by atoms with van der Waals surface area (Å²) in [5.74, 6) is 1.07. The summed E-state index contributed by atoms with van der Waals surface area (Å²) in [5.41, 5.74) is 2.79. The lowest BCUT2D eigenvalue weighted by Gasteiger charge is -2.46. The lowest BCUT2D eigenvalue weighted by atomic mass is 9.73. The predicted molar refractivity (Wildman–Crippen MR) is 142 cm³/mol. The summed E-state index contributed by atoms with van der Waals surface area (Å²) in [6, 6.07) is 9.92. The smallest absolute Gasteiger partial charge is 0.244 e. The number of benzene rings is 1. The second-order valence-electron chi connectivity index (χ2n) is 12.1. The summed E-state index contributed by atoms with van der Waals surface area (Å²) in [5, 5.41) is 6.00. The lowest BCUT2D eigenvalue weighted by Crippen LogP contribution is -2.56. The van der Waals surface area contributed by atoms with Crippen LogP contribution in [-0.4, -0.2) is 40.2 Å². The van der Waals surface area contributed by atoms with Gasteiger partial charge in [-0.3, -0.25) is 14.4 Å². The Labute approximate surface area is 218 Å². The van der Waals surface area contributed by atoms with E-state index in [0.29, 0.717) is 30.3 Å².